The summed E-state index contributed by atoms with van der Waals surface area (Å²) in [7, 11) is 2.97. The van der Waals surface area contributed by atoms with Crippen molar-refractivity contribution in [1.29, 1.82) is 0 Å². The van der Waals surface area contributed by atoms with E-state index in [9.17, 15) is 0 Å². The van der Waals surface area contributed by atoms with E-state index >= 15 is 0 Å². The van der Waals surface area contributed by atoms with Gasteiger partial charge < -0.3 is 9.64 Å². The number of anilines is 1. The molecule has 0 saturated carbocycles. The summed E-state index contributed by atoms with van der Waals surface area (Å²) in [5.74, 6) is 0.975. The van der Waals surface area contributed by atoms with Crippen LogP contribution in [0.5, 0.6) is 5.75 Å². The molecule has 0 aliphatic rings. The van der Waals surface area contributed by atoms with Gasteiger partial charge in [-0.1, -0.05) is 19.6 Å². The minimum atomic E-state index is -1.11. The maximum Gasteiger partial charge on any atom is 0.118 e. The first kappa shape index (κ1) is 12.1. The second-order valence-corrected chi connectivity index (χ2v) is 10.6. The van der Waals surface area contributed by atoms with Crippen LogP contribution in [0.2, 0.25) is 19.6 Å². The molecule has 0 saturated heterocycles. The zero-order chi connectivity index (χ0) is 11.5. The molecule has 0 bridgehead atoms. The minimum Gasteiger partial charge on any atom is -0.497 e. The van der Waals surface area contributed by atoms with Gasteiger partial charge in [0.25, 0.3) is 0 Å². The second-order valence-electron chi connectivity index (χ2n) is 5.24. The second kappa shape index (κ2) is 4.70. The van der Waals surface area contributed by atoms with Gasteiger partial charge in [-0.15, -0.1) is 0 Å². The monoisotopic (exact) mass is 223 g/mol. The molecule has 1 aromatic carbocycles. The zero-order valence-corrected chi connectivity index (χ0v) is 11.4. The summed E-state index contributed by atoms with van der Waals surface area (Å²) >= 11 is 0. The van der Waals surface area contributed by atoms with E-state index < -0.39 is 8.07 Å². The Hall–Kier alpha value is -0.963. The zero-order valence-electron chi connectivity index (χ0n) is 10.4. The van der Waals surface area contributed by atoms with Crippen LogP contribution in [0, 0.1) is 0 Å². The van der Waals surface area contributed by atoms with E-state index in [0.29, 0.717) is 0 Å². The molecule has 0 unspecified atom stereocenters. The van der Waals surface area contributed by atoms with Crippen molar-refractivity contribution in [2.75, 3.05) is 25.2 Å². The fourth-order valence-electron chi connectivity index (χ4n) is 1.14. The Morgan fingerprint density at radius 1 is 1.07 bits per heavy atom. The van der Waals surface area contributed by atoms with E-state index in [-0.39, 0.29) is 0 Å². The van der Waals surface area contributed by atoms with Gasteiger partial charge in [-0.2, -0.15) is 0 Å². The number of benzene rings is 1. The van der Waals surface area contributed by atoms with Crippen LogP contribution in [0.3, 0.4) is 0 Å². The topological polar surface area (TPSA) is 12.5 Å². The molecule has 0 fully saturated rings. The van der Waals surface area contributed by atoms with E-state index in [4.69, 9.17) is 4.74 Å². The highest BCUT2D eigenvalue weighted by molar-refractivity contribution is 6.76. The lowest BCUT2D eigenvalue weighted by Gasteiger charge is -2.17. The Bertz CT molecular complexity index is 300. The van der Waals surface area contributed by atoms with Crippen LogP contribution in [-0.4, -0.2) is 28.4 Å². The summed E-state index contributed by atoms with van der Waals surface area (Å²) in [4.78, 5) is 2.09. The lowest BCUT2D eigenvalue weighted by Crippen LogP contribution is -2.29. The van der Waals surface area contributed by atoms with Gasteiger partial charge in [-0.3, -0.25) is 0 Å². The smallest absolute Gasteiger partial charge is 0.118 e. The quantitative estimate of drug-likeness (QED) is 0.728. The van der Waals surface area contributed by atoms with Crippen LogP contribution in [-0.2, 0) is 0 Å². The van der Waals surface area contributed by atoms with Crippen molar-refractivity contribution in [1.82, 2.24) is 0 Å². The van der Waals surface area contributed by atoms with Crippen molar-refractivity contribution in [2.45, 2.75) is 19.6 Å². The van der Waals surface area contributed by atoms with Crippen molar-refractivity contribution < 1.29 is 4.74 Å². The summed E-state index contributed by atoms with van der Waals surface area (Å²) in [6.45, 7) is 6.92. The third-order valence-electron chi connectivity index (χ3n) is 2.02. The molecule has 3 heteroatoms. The minimum absolute atomic E-state index is 0.883. The van der Waals surface area contributed by atoms with E-state index in [0.717, 1.165) is 12.0 Å². The van der Waals surface area contributed by atoms with Gasteiger partial charge in [0, 0.05) is 19.8 Å². The highest BCUT2D eigenvalue weighted by Gasteiger charge is 2.13. The van der Waals surface area contributed by atoms with Crippen molar-refractivity contribution in [3.05, 3.63) is 24.3 Å². The lowest BCUT2D eigenvalue weighted by molar-refractivity contribution is 0.378. The molecule has 0 heterocycles. The molecule has 0 aliphatic heterocycles. The molecule has 0 atom stereocenters. The Kier molecular flexibility index (Phi) is 3.80. The third-order valence-corrected chi connectivity index (χ3v) is 3.04. The van der Waals surface area contributed by atoms with Crippen molar-refractivity contribution in [3.63, 3.8) is 0 Å². The number of rotatable bonds is 4. The van der Waals surface area contributed by atoms with Gasteiger partial charge >= 0.3 is 0 Å². The molecule has 0 radical (unpaired) electrons. The van der Waals surface area contributed by atoms with Gasteiger partial charge in [0.2, 0.25) is 0 Å². The fraction of sp³-hybridized carbons (Fsp3) is 0.500. The van der Waals surface area contributed by atoms with Crippen molar-refractivity contribution >= 4 is 13.8 Å². The normalized spacial score (nSPS) is 11.3. The molecule has 84 valence electrons. The van der Waals surface area contributed by atoms with Crippen LogP contribution in [0.25, 0.3) is 0 Å². The van der Waals surface area contributed by atoms with Crippen LogP contribution in [0.1, 0.15) is 0 Å². The van der Waals surface area contributed by atoms with Crippen molar-refractivity contribution in [2.24, 2.45) is 0 Å². The van der Waals surface area contributed by atoms with Gasteiger partial charge in [-0.05, 0) is 24.3 Å². The maximum absolute atomic E-state index is 5.75. The van der Waals surface area contributed by atoms with Gasteiger partial charge in [0.1, 0.15) is 5.75 Å². The van der Waals surface area contributed by atoms with Crippen LogP contribution < -0.4 is 9.64 Å². The first-order valence-corrected chi connectivity index (χ1v) is 8.99. The predicted octanol–water partition coefficient (Wildman–Crippen LogP) is 3.01. The Morgan fingerprint density at radius 3 is 2.00 bits per heavy atom. The maximum atomic E-state index is 5.75. The van der Waals surface area contributed by atoms with Crippen LogP contribution >= 0.6 is 0 Å². The molecule has 0 amide bonds. The molecule has 15 heavy (non-hydrogen) atoms. The van der Waals surface area contributed by atoms with Gasteiger partial charge in [0.15, 0.2) is 0 Å². The first-order chi connectivity index (χ1) is 6.88. The molecule has 0 spiro atoms. The molecule has 0 aromatic heterocycles. The van der Waals surface area contributed by atoms with E-state index in [1.54, 1.807) is 0 Å². The number of hydrogen-bond donors (Lipinski definition) is 0. The van der Waals surface area contributed by atoms with E-state index in [2.05, 4.69) is 36.7 Å². The van der Waals surface area contributed by atoms with Crippen LogP contribution in [0.15, 0.2) is 24.3 Å². The Labute approximate surface area is 93.9 Å². The molecule has 2 nitrogen and oxygen atoms in total. The van der Waals surface area contributed by atoms with Gasteiger partial charge in [-0.25, -0.2) is 0 Å². The molecule has 0 N–H and O–H groups in total. The average Bonchev–Trinajstić information content (AvgIpc) is 2.14. The summed E-state index contributed by atoms with van der Waals surface area (Å²) in [6, 6.07) is 8.24. The largest absolute Gasteiger partial charge is 0.497 e. The third kappa shape index (κ3) is 4.38. The highest BCUT2D eigenvalue weighted by atomic mass is 28.3. The lowest BCUT2D eigenvalue weighted by atomic mass is 10.3. The molecule has 1 aromatic rings. The molecular formula is C12H21NOSi. The van der Waals surface area contributed by atoms with Gasteiger partial charge in [0.05, 0.1) is 14.3 Å². The molecule has 1 rings (SSSR count). The average molecular weight is 223 g/mol. The summed E-state index contributed by atoms with van der Waals surface area (Å²) < 4.78 is 5.75. The van der Waals surface area contributed by atoms with E-state index in [1.165, 1.54) is 5.69 Å². The van der Waals surface area contributed by atoms with Crippen molar-refractivity contribution in [3.8, 4) is 5.75 Å². The molecule has 0 aliphatic carbocycles. The SMILES string of the molecule is CN(C)c1ccc(OC[Si](C)(C)C)cc1. The number of hydrogen-bond acceptors (Lipinski definition) is 2. The Balaban J connectivity index is 2.57. The summed E-state index contributed by atoms with van der Waals surface area (Å²) in [5, 5.41) is 0. The molecular weight excluding hydrogens is 202 g/mol. The highest BCUT2D eigenvalue weighted by Crippen LogP contribution is 2.18. The van der Waals surface area contributed by atoms with E-state index in [1.807, 2.05) is 26.2 Å². The predicted molar refractivity (Wildman–Crippen MR) is 69.6 cm³/mol. The summed E-state index contributed by atoms with van der Waals surface area (Å²) in [5.41, 5.74) is 1.20. The Morgan fingerprint density at radius 2 is 1.60 bits per heavy atom. The van der Waals surface area contributed by atoms with Crippen LogP contribution in [0.4, 0.5) is 5.69 Å². The summed E-state index contributed by atoms with van der Waals surface area (Å²) in [6.07, 6.45) is 0.883. The standard InChI is InChI=1S/C12H21NOSi/c1-13(2)11-6-8-12(9-7-11)14-10-15(3,4)5/h6-9H,10H2,1-5H3. The fourth-order valence-corrected chi connectivity index (χ4v) is 1.74. The number of ether oxygens (including phenoxy) is 1. The first-order valence-electron chi connectivity index (χ1n) is 5.29. The number of nitrogens with zero attached hydrogens (tertiary/aromatic N) is 1.